The minimum atomic E-state index is -1.90. The van der Waals surface area contributed by atoms with Gasteiger partial charge in [0.15, 0.2) is 0 Å². The van der Waals surface area contributed by atoms with Gasteiger partial charge >= 0.3 is 0 Å². The van der Waals surface area contributed by atoms with Crippen molar-refractivity contribution in [1.82, 2.24) is 5.06 Å². The van der Waals surface area contributed by atoms with E-state index in [1.54, 1.807) is 7.05 Å². The molecule has 0 radical (unpaired) electrons. The first-order valence-electron chi connectivity index (χ1n) is 29.4. The predicted octanol–water partition coefficient (Wildman–Crippen LogP) is 18.7. The summed E-state index contributed by atoms with van der Waals surface area (Å²) in [5.41, 5.74) is 11.5. The number of carbonyl (C=O) groups excluding carboxylic acids is 2. The van der Waals surface area contributed by atoms with Gasteiger partial charge in [-0.25, -0.2) is 5.06 Å². The van der Waals surface area contributed by atoms with Crippen molar-refractivity contribution in [3.63, 3.8) is 0 Å². The van der Waals surface area contributed by atoms with Gasteiger partial charge in [0.1, 0.15) is 11.5 Å². The molecule has 78 heavy (non-hydrogen) atoms. The van der Waals surface area contributed by atoms with Crippen LogP contribution in [0.5, 0.6) is 11.5 Å². The molecule has 6 nitrogen and oxygen atoms in total. The Balaban J connectivity index is 0.000000283. The van der Waals surface area contributed by atoms with E-state index in [0.29, 0.717) is 0 Å². The summed E-state index contributed by atoms with van der Waals surface area (Å²) in [5.74, 6) is 11.2. The Bertz CT molecular complexity index is 2800. The highest BCUT2D eigenvalue weighted by Gasteiger charge is 2.42. The molecule has 4 aromatic rings. The van der Waals surface area contributed by atoms with E-state index in [4.69, 9.17) is 20.1 Å². The average molecular weight is 1090 g/mol. The number of carbonyl (C=O) groups is 2. The molecule has 0 unspecified atom stereocenters. The minimum absolute atomic E-state index is 0.0157. The molecule has 2 fully saturated rings. The Morgan fingerprint density at radius 2 is 0.897 bits per heavy atom. The Labute approximate surface area is 478 Å². The molecule has 0 aliphatic heterocycles. The zero-order valence-corrected chi connectivity index (χ0v) is 55.0. The van der Waals surface area contributed by atoms with Gasteiger partial charge in [0.25, 0.3) is 5.91 Å². The van der Waals surface area contributed by atoms with Gasteiger partial charge in [0, 0.05) is 39.8 Å². The summed E-state index contributed by atoms with van der Waals surface area (Å²) in [6, 6.07) is 26.8. The Hall–Kier alpha value is -4.87. The predicted molar refractivity (Wildman–Crippen MR) is 336 cm³/mol. The van der Waals surface area contributed by atoms with Crippen LogP contribution in [0.25, 0.3) is 0 Å². The molecular weight excluding hydrogens is 991 g/mol. The van der Waals surface area contributed by atoms with Crippen LogP contribution in [-0.2, 0) is 25.3 Å². The van der Waals surface area contributed by atoms with E-state index >= 15 is 0 Å². The Morgan fingerprint density at radius 3 is 1.21 bits per heavy atom. The summed E-state index contributed by atoms with van der Waals surface area (Å²) in [6.45, 7) is 44.7. The van der Waals surface area contributed by atoms with E-state index in [1.165, 1.54) is 64.0 Å². The number of benzene rings is 4. The summed E-state index contributed by atoms with van der Waals surface area (Å²) >= 11 is 0. The van der Waals surface area contributed by atoms with Crippen molar-refractivity contribution in [2.75, 3.05) is 14.2 Å². The maximum Gasteiger partial charge on any atom is 0.251 e. The lowest BCUT2D eigenvalue weighted by Gasteiger charge is -2.38. The third-order valence-electron chi connectivity index (χ3n) is 19.3. The van der Waals surface area contributed by atoms with Crippen LogP contribution in [0.15, 0.2) is 72.8 Å². The molecule has 2 saturated carbocycles. The largest absolute Gasteiger partial charge is 0.543 e. The fourth-order valence-corrected chi connectivity index (χ4v) is 13.3. The number of rotatable bonds is 15. The second-order valence-corrected chi connectivity index (χ2v) is 36.0. The average Bonchev–Trinajstić information content (AvgIpc) is 4.09. The van der Waals surface area contributed by atoms with Crippen LogP contribution in [0.4, 0.5) is 0 Å². The Morgan fingerprint density at radius 1 is 0.564 bits per heavy atom. The first-order chi connectivity index (χ1) is 36.2. The van der Waals surface area contributed by atoms with Crippen molar-refractivity contribution < 1.29 is 23.3 Å². The third kappa shape index (κ3) is 14.7. The molecule has 1 amide bonds. The lowest BCUT2D eigenvalue weighted by atomic mass is 9.70. The molecule has 4 aromatic carbocycles. The van der Waals surface area contributed by atoms with Gasteiger partial charge in [-0.1, -0.05) is 169 Å². The van der Waals surface area contributed by atoms with Crippen molar-refractivity contribution in [3.05, 3.63) is 128 Å². The van der Waals surface area contributed by atoms with E-state index in [-0.39, 0.29) is 43.4 Å². The monoisotopic (exact) mass is 1090 g/mol. The number of amides is 1. The molecule has 426 valence electrons. The van der Waals surface area contributed by atoms with Crippen LogP contribution < -0.4 is 8.85 Å². The first-order valence-corrected chi connectivity index (χ1v) is 35.2. The molecule has 0 atom stereocenters. The van der Waals surface area contributed by atoms with Crippen molar-refractivity contribution >= 4 is 28.3 Å². The lowest BCUT2D eigenvalue weighted by molar-refractivity contribution is -0.179. The molecular formula is C70H103NO5Si2. The summed E-state index contributed by atoms with van der Waals surface area (Å²) in [6.07, 6.45) is 18.3. The zero-order valence-electron chi connectivity index (χ0n) is 53.0. The van der Waals surface area contributed by atoms with Gasteiger partial charge in [0.2, 0.25) is 22.4 Å². The topological polar surface area (TPSA) is 65.1 Å². The van der Waals surface area contributed by atoms with E-state index < -0.39 is 16.6 Å². The zero-order chi connectivity index (χ0) is 58.9. The van der Waals surface area contributed by atoms with Crippen LogP contribution in [0.2, 0.25) is 36.3 Å². The van der Waals surface area contributed by atoms with Gasteiger partial charge in [-0.2, -0.15) is 0 Å². The minimum Gasteiger partial charge on any atom is -0.543 e. The van der Waals surface area contributed by atoms with Gasteiger partial charge in [-0.3, -0.25) is 14.4 Å². The highest BCUT2D eigenvalue weighted by molar-refractivity contribution is 6.75. The van der Waals surface area contributed by atoms with E-state index in [0.717, 1.165) is 92.4 Å². The number of hydrogen-bond acceptors (Lipinski definition) is 5. The molecule has 0 N–H and O–H groups in total. The summed E-state index contributed by atoms with van der Waals surface area (Å²) in [4.78, 5) is 29.3. The molecule has 2 aliphatic rings. The van der Waals surface area contributed by atoms with Crippen molar-refractivity contribution in [2.45, 2.75) is 235 Å². The number of nitrogens with zero attached hydrogens (tertiary/aromatic N) is 1. The molecule has 6 rings (SSSR count). The number of hydroxylamine groups is 2. The fourth-order valence-electron chi connectivity index (χ4n) is 11.2. The number of ketones is 1. The van der Waals surface area contributed by atoms with Crippen LogP contribution in [0, 0.1) is 62.7 Å². The fraction of sp³-hybridized carbons (Fsp3) is 0.571. The van der Waals surface area contributed by atoms with Crippen LogP contribution >= 0.6 is 0 Å². The molecule has 0 spiro atoms. The van der Waals surface area contributed by atoms with Crippen molar-refractivity contribution in [3.8, 4) is 35.7 Å². The summed E-state index contributed by atoms with van der Waals surface area (Å²) in [5, 5.41) is 1.69. The SMILES string of the molecule is C#Cc1ccc(C(CC)(CC)c2ccc(O[Si](C)(C)C(C)(C)C)c(C)c2)cc1C.CCC(CC)(c1ccc(C#CC(=O)C2(C)CCCC2)c(C)c1)c1ccc(O[Si](C)(C)C(C)(C)C)c(C)c1.CON(C)C(=O)C1(C)CCCC1. The lowest BCUT2D eigenvalue weighted by Crippen LogP contribution is -2.44. The number of terminal acetylenes is 1. The standard InChI is InChI=1S/C34H48O2Si.C27H38OSi.C9H17NO2/c1-11-34(12-2,29-18-19-30(26(4)24-29)36-37(9,10)32(5,6)7)28-17-15-27(25(3)23-28)16-20-31(35)33(8)21-13-14-22-33;1-11-22-14-15-23(18-20(22)4)27(12-2,13-3)24-16-17-25(21(5)19-24)28-29(9,10)26(6,7)8;1-9(6-4-5-7-9)8(11)10(2)12-3/h15,17-19,23-24H,11-14,21-22H2,1-10H3;1,14-19H,12-13H2,2-10H3;4-7H2,1-3H3. The second-order valence-electron chi connectivity index (χ2n) is 26.6. The third-order valence-corrected chi connectivity index (χ3v) is 28.0. The maximum atomic E-state index is 12.8. The van der Waals surface area contributed by atoms with Gasteiger partial charge in [-0.15, -0.1) is 6.42 Å². The van der Waals surface area contributed by atoms with Gasteiger partial charge in [-0.05, 0) is 190 Å². The normalized spacial score (nSPS) is 15.3. The summed E-state index contributed by atoms with van der Waals surface area (Å²) in [7, 11) is -0.562. The Kier molecular flexibility index (Phi) is 22.0. The van der Waals surface area contributed by atoms with Crippen LogP contribution in [0.1, 0.15) is 216 Å². The van der Waals surface area contributed by atoms with Crippen molar-refractivity contribution in [2.24, 2.45) is 10.8 Å². The number of hydrogen-bond donors (Lipinski definition) is 0. The quantitative estimate of drug-likeness (QED) is 0.0674. The molecule has 0 bridgehead atoms. The van der Waals surface area contributed by atoms with E-state index in [1.807, 2.05) is 6.92 Å². The molecule has 0 saturated heterocycles. The number of Topliss-reactive ketones (excluding diaryl/α,β-unsaturated/α-hetero) is 1. The van der Waals surface area contributed by atoms with Gasteiger partial charge < -0.3 is 8.85 Å². The van der Waals surface area contributed by atoms with Crippen LogP contribution in [0.3, 0.4) is 0 Å². The highest BCUT2D eigenvalue weighted by Crippen LogP contribution is 2.46. The van der Waals surface area contributed by atoms with E-state index in [2.05, 4.69) is 221 Å². The highest BCUT2D eigenvalue weighted by atomic mass is 28.4. The van der Waals surface area contributed by atoms with E-state index in [9.17, 15) is 9.59 Å². The van der Waals surface area contributed by atoms with Crippen LogP contribution in [-0.4, -0.2) is 47.5 Å². The smallest absolute Gasteiger partial charge is 0.251 e. The van der Waals surface area contributed by atoms with Gasteiger partial charge in [0.05, 0.1) is 7.11 Å². The molecule has 2 aliphatic carbocycles. The summed E-state index contributed by atoms with van der Waals surface area (Å²) < 4.78 is 13.3. The maximum absolute atomic E-state index is 12.8. The number of aryl methyl sites for hydroxylation is 4. The van der Waals surface area contributed by atoms with Crippen molar-refractivity contribution in [1.29, 1.82) is 0 Å². The second kappa shape index (κ2) is 26.2. The first kappa shape index (κ1) is 65.7. The molecule has 8 heteroatoms. The molecule has 0 aromatic heterocycles. The molecule has 0 heterocycles.